The Morgan fingerprint density at radius 3 is 2.41 bits per heavy atom. The highest BCUT2D eigenvalue weighted by Gasteiger charge is 2.41. The van der Waals surface area contributed by atoms with Crippen molar-refractivity contribution < 1.29 is 26.3 Å². The highest BCUT2D eigenvalue weighted by molar-refractivity contribution is 7.89. The summed E-state index contributed by atoms with van der Waals surface area (Å²) in [6, 6.07) is 11.2. The topological polar surface area (TPSA) is 46.6 Å². The zero-order valence-electron chi connectivity index (χ0n) is 14.7. The lowest BCUT2D eigenvalue weighted by molar-refractivity contribution is -0.139. The zero-order chi connectivity index (χ0) is 19.7. The third-order valence-electron chi connectivity index (χ3n) is 4.73. The molecule has 0 bridgehead atoms. The second-order valence-corrected chi connectivity index (χ2v) is 8.32. The molecule has 0 aliphatic carbocycles. The molecular formula is C19H20F3NO3S. The largest absolute Gasteiger partial charge is 0.497 e. The smallest absolute Gasteiger partial charge is 0.417 e. The van der Waals surface area contributed by atoms with Crippen molar-refractivity contribution >= 4 is 10.0 Å². The standard InChI is InChI=1S/C19H20F3NO3S/c1-26-16-10-8-14(9-11-16)13-15-5-4-12-23(15)27(24,25)18-7-3-2-6-17(18)19(20,21)22/h2-3,6-11,15H,4-5,12-13H2,1H3/t15-/m0/s1. The molecule has 27 heavy (non-hydrogen) atoms. The first kappa shape index (κ1) is 19.7. The minimum absolute atomic E-state index is 0.218. The van der Waals surface area contributed by atoms with Gasteiger partial charge in [0.1, 0.15) is 5.75 Å². The summed E-state index contributed by atoms with van der Waals surface area (Å²) >= 11 is 0. The Hall–Kier alpha value is -2.06. The van der Waals surface area contributed by atoms with Gasteiger partial charge < -0.3 is 4.74 Å². The molecule has 2 aromatic carbocycles. The van der Waals surface area contributed by atoms with Crippen molar-refractivity contribution in [3.63, 3.8) is 0 Å². The number of alkyl halides is 3. The fraction of sp³-hybridized carbons (Fsp3) is 0.368. The number of methoxy groups -OCH3 is 1. The van der Waals surface area contributed by atoms with Crippen molar-refractivity contribution in [1.29, 1.82) is 0 Å². The number of sulfonamides is 1. The molecule has 0 radical (unpaired) electrons. The molecule has 0 saturated carbocycles. The Kier molecular flexibility index (Phi) is 5.48. The lowest BCUT2D eigenvalue weighted by atomic mass is 10.0. The van der Waals surface area contributed by atoms with Crippen LogP contribution < -0.4 is 4.74 Å². The molecule has 0 amide bonds. The van der Waals surface area contributed by atoms with E-state index < -0.39 is 26.7 Å². The Bertz CT molecular complexity index is 895. The fourth-order valence-corrected chi connectivity index (χ4v) is 5.32. The fourth-order valence-electron chi connectivity index (χ4n) is 3.42. The van der Waals surface area contributed by atoms with E-state index in [1.807, 2.05) is 12.1 Å². The van der Waals surface area contributed by atoms with Crippen molar-refractivity contribution in [3.8, 4) is 5.75 Å². The van der Waals surface area contributed by atoms with Gasteiger partial charge in [-0.05, 0) is 49.1 Å². The molecule has 0 spiro atoms. The summed E-state index contributed by atoms with van der Waals surface area (Å²) in [5.41, 5.74) is -0.216. The van der Waals surface area contributed by atoms with Crippen LogP contribution >= 0.6 is 0 Å². The van der Waals surface area contributed by atoms with Crippen LogP contribution in [0.5, 0.6) is 5.75 Å². The van der Waals surface area contributed by atoms with Crippen molar-refractivity contribution in [1.82, 2.24) is 4.31 Å². The van der Waals surface area contributed by atoms with E-state index in [4.69, 9.17) is 4.74 Å². The summed E-state index contributed by atoms with van der Waals surface area (Å²) in [5.74, 6) is 0.689. The minimum Gasteiger partial charge on any atom is -0.497 e. The van der Waals surface area contributed by atoms with Crippen LogP contribution in [0.25, 0.3) is 0 Å². The number of halogens is 3. The maximum absolute atomic E-state index is 13.3. The van der Waals surface area contributed by atoms with E-state index >= 15 is 0 Å². The van der Waals surface area contributed by atoms with Gasteiger partial charge in [-0.15, -0.1) is 0 Å². The average molecular weight is 399 g/mol. The quantitative estimate of drug-likeness (QED) is 0.760. The summed E-state index contributed by atoms with van der Waals surface area (Å²) < 4.78 is 72.2. The summed E-state index contributed by atoms with van der Waals surface area (Å²) in [4.78, 5) is -0.681. The van der Waals surface area contributed by atoms with Crippen LogP contribution in [-0.2, 0) is 22.6 Å². The minimum atomic E-state index is -4.73. The van der Waals surface area contributed by atoms with Crippen LogP contribution in [0, 0.1) is 0 Å². The number of hydrogen-bond acceptors (Lipinski definition) is 3. The first-order valence-electron chi connectivity index (χ1n) is 8.54. The molecule has 3 rings (SSSR count). The molecule has 0 unspecified atom stereocenters. The van der Waals surface area contributed by atoms with Crippen LogP contribution in [0.4, 0.5) is 13.2 Å². The van der Waals surface area contributed by atoms with Crippen molar-refractivity contribution in [3.05, 3.63) is 59.7 Å². The molecule has 0 aromatic heterocycles. The van der Waals surface area contributed by atoms with E-state index in [0.717, 1.165) is 17.7 Å². The Morgan fingerprint density at radius 2 is 1.78 bits per heavy atom. The van der Waals surface area contributed by atoms with Gasteiger partial charge in [0.2, 0.25) is 10.0 Å². The Labute approximate surface area is 156 Å². The maximum atomic E-state index is 13.3. The number of rotatable bonds is 5. The molecular weight excluding hydrogens is 379 g/mol. The van der Waals surface area contributed by atoms with Crippen LogP contribution in [0.2, 0.25) is 0 Å². The lowest BCUT2D eigenvalue weighted by Gasteiger charge is -2.25. The second-order valence-electron chi connectivity index (χ2n) is 6.46. The highest BCUT2D eigenvalue weighted by atomic mass is 32.2. The summed E-state index contributed by atoms with van der Waals surface area (Å²) in [7, 11) is -2.69. The number of benzene rings is 2. The van der Waals surface area contributed by atoms with E-state index in [2.05, 4.69) is 0 Å². The summed E-state index contributed by atoms with van der Waals surface area (Å²) in [6.07, 6.45) is -3.06. The van der Waals surface area contributed by atoms with Gasteiger partial charge in [-0.1, -0.05) is 24.3 Å². The van der Waals surface area contributed by atoms with Gasteiger partial charge in [-0.3, -0.25) is 0 Å². The third-order valence-corrected chi connectivity index (χ3v) is 6.74. The van der Waals surface area contributed by atoms with Crippen LogP contribution in [0.3, 0.4) is 0 Å². The van der Waals surface area contributed by atoms with Gasteiger partial charge in [0, 0.05) is 12.6 Å². The molecule has 146 valence electrons. The SMILES string of the molecule is COc1ccc(C[C@@H]2CCCN2S(=O)(=O)c2ccccc2C(F)(F)F)cc1. The lowest BCUT2D eigenvalue weighted by Crippen LogP contribution is -2.37. The van der Waals surface area contributed by atoms with Crippen molar-refractivity contribution in [2.75, 3.05) is 13.7 Å². The molecule has 1 atom stereocenters. The van der Waals surface area contributed by atoms with E-state index in [9.17, 15) is 21.6 Å². The first-order chi connectivity index (χ1) is 12.7. The normalized spacial score (nSPS) is 18.6. The maximum Gasteiger partial charge on any atom is 0.417 e. The highest BCUT2D eigenvalue weighted by Crippen LogP contribution is 2.37. The molecule has 4 nitrogen and oxygen atoms in total. The second kappa shape index (κ2) is 7.52. The first-order valence-corrected chi connectivity index (χ1v) is 9.98. The predicted octanol–water partition coefficient (Wildman–Crippen LogP) is 4.11. The molecule has 2 aromatic rings. The van der Waals surface area contributed by atoms with Gasteiger partial charge in [-0.25, -0.2) is 8.42 Å². The molecule has 1 aliphatic rings. The average Bonchev–Trinajstić information content (AvgIpc) is 3.11. The van der Waals surface area contributed by atoms with E-state index in [1.54, 1.807) is 19.2 Å². The monoisotopic (exact) mass is 399 g/mol. The molecule has 1 aliphatic heterocycles. The van der Waals surface area contributed by atoms with Gasteiger partial charge in [0.05, 0.1) is 17.6 Å². The number of ether oxygens (including phenoxy) is 1. The Balaban J connectivity index is 1.90. The Morgan fingerprint density at radius 1 is 1.11 bits per heavy atom. The van der Waals surface area contributed by atoms with Crippen LogP contribution in [0.1, 0.15) is 24.0 Å². The van der Waals surface area contributed by atoms with Crippen LogP contribution in [-0.4, -0.2) is 32.4 Å². The van der Waals surface area contributed by atoms with Crippen molar-refractivity contribution in [2.45, 2.75) is 36.4 Å². The van der Waals surface area contributed by atoms with E-state index in [0.29, 0.717) is 25.0 Å². The number of nitrogens with zero attached hydrogens (tertiary/aromatic N) is 1. The zero-order valence-corrected chi connectivity index (χ0v) is 15.6. The van der Waals surface area contributed by atoms with Crippen LogP contribution in [0.15, 0.2) is 53.4 Å². The molecule has 0 N–H and O–H groups in total. The molecule has 1 heterocycles. The molecule has 1 fully saturated rings. The van der Waals surface area contributed by atoms with Gasteiger partial charge in [0.25, 0.3) is 0 Å². The molecule has 8 heteroatoms. The van der Waals surface area contributed by atoms with Gasteiger partial charge in [-0.2, -0.15) is 17.5 Å². The summed E-state index contributed by atoms with van der Waals surface area (Å²) in [6.45, 7) is 0.218. The van der Waals surface area contributed by atoms with Gasteiger partial charge in [0.15, 0.2) is 0 Å². The predicted molar refractivity (Wildman–Crippen MR) is 95.1 cm³/mol. The van der Waals surface area contributed by atoms with E-state index in [-0.39, 0.29) is 12.6 Å². The number of hydrogen-bond donors (Lipinski definition) is 0. The third kappa shape index (κ3) is 4.11. The summed E-state index contributed by atoms with van der Waals surface area (Å²) in [5, 5.41) is 0. The van der Waals surface area contributed by atoms with Crippen molar-refractivity contribution in [2.24, 2.45) is 0 Å². The van der Waals surface area contributed by atoms with E-state index in [1.165, 1.54) is 16.4 Å². The molecule has 1 saturated heterocycles. The van der Waals surface area contributed by atoms with Gasteiger partial charge >= 0.3 is 6.18 Å².